The van der Waals surface area contributed by atoms with Gasteiger partial charge in [0.2, 0.25) is 5.91 Å². The van der Waals surface area contributed by atoms with E-state index in [1.165, 1.54) is 12.0 Å². The minimum atomic E-state index is 0.304. The van der Waals surface area contributed by atoms with Crippen molar-refractivity contribution in [1.82, 2.24) is 4.90 Å². The van der Waals surface area contributed by atoms with Gasteiger partial charge in [-0.25, -0.2) is 0 Å². The predicted octanol–water partition coefficient (Wildman–Crippen LogP) is 2.02. The molecule has 2 atom stereocenters. The molecule has 1 aliphatic heterocycles. The number of piperidine rings is 1. The average Bonchev–Trinajstić information content (AvgIpc) is 2.86. The normalized spacial score (nSPS) is 26.7. The number of benzene rings is 1. The molecule has 0 bridgehead atoms. The van der Waals surface area contributed by atoms with E-state index in [1.807, 2.05) is 17.0 Å². The Balaban J connectivity index is 1.64. The Morgan fingerprint density at radius 2 is 2.12 bits per heavy atom. The molecule has 2 heteroatoms. The first-order chi connectivity index (χ1) is 7.72. The number of nitrogens with zero attached hydrogens (tertiary/aromatic N) is 1. The summed E-state index contributed by atoms with van der Waals surface area (Å²) in [6.07, 6.45) is 1.93. The molecule has 0 N–H and O–H groups in total. The van der Waals surface area contributed by atoms with Crippen LogP contribution in [0.2, 0.25) is 0 Å². The fraction of sp³-hybridized carbons (Fsp3) is 0.500. The molecule has 16 heavy (non-hydrogen) atoms. The van der Waals surface area contributed by atoms with Gasteiger partial charge in [0.1, 0.15) is 0 Å². The summed E-state index contributed by atoms with van der Waals surface area (Å²) in [5.74, 6) is 1.97. The summed E-state index contributed by atoms with van der Waals surface area (Å²) in [5.41, 5.74) is 2.38. The Hall–Kier alpha value is -1.31. The van der Waals surface area contributed by atoms with E-state index in [0.29, 0.717) is 12.3 Å². The highest BCUT2D eigenvalue weighted by molar-refractivity contribution is 5.79. The summed E-state index contributed by atoms with van der Waals surface area (Å²) in [7, 11) is 0. The second-order valence-corrected chi connectivity index (χ2v) is 5.22. The van der Waals surface area contributed by atoms with Crippen LogP contribution in [0.15, 0.2) is 24.3 Å². The van der Waals surface area contributed by atoms with E-state index in [-0.39, 0.29) is 0 Å². The van der Waals surface area contributed by atoms with Gasteiger partial charge in [0.25, 0.3) is 0 Å². The molecule has 0 aromatic heterocycles. The third-order valence-electron chi connectivity index (χ3n) is 3.77. The van der Waals surface area contributed by atoms with Gasteiger partial charge < -0.3 is 4.90 Å². The van der Waals surface area contributed by atoms with Crippen molar-refractivity contribution in [2.45, 2.75) is 19.8 Å². The van der Waals surface area contributed by atoms with Crippen LogP contribution >= 0.6 is 0 Å². The van der Waals surface area contributed by atoms with E-state index in [9.17, 15) is 4.79 Å². The molecule has 1 aliphatic carbocycles. The van der Waals surface area contributed by atoms with Crippen molar-refractivity contribution in [3.05, 3.63) is 35.4 Å². The summed E-state index contributed by atoms with van der Waals surface area (Å²) in [6, 6.07) is 8.24. The Morgan fingerprint density at radius 3 is 2.81 bits per heavy atom. The predicted molar refractivity (Wildman–Crippen MR) is 63.1 cm³/mol. The number of aryl methyl sites for hydroxylation is 1. The third-order valence-corrected chi connectivity index (χ3v) is 3.77. The maximum Gasteiger partial charge on any atom is 0.227 e. The summed E-state index contributed by atoms with van der Waals surface area (Å²) in [5, 5.41) is 0. The smallest absolute Gasteiger partial charge is 0.227 e. The molecule has 1 aromatic rings. The summed E-state index contributed by atoms with van der Waals surface area (Å²) in [4.78, 5) is 14.1. The van der Waals surface area contributed by atoms with E-state index in [4.69, 9.17) is 0 Å². The molecule has 0 spiro atoms. The van der Waals surface area contributed by atoms with Crippen molar-refractivity contribution in [2.75, 3.05) is 13.1 Å². The van der Waals surface area contributed by atoms with Gasteiger partial charge in [-0.3, -0.25) is 4.79 Å². The maximum absolute atomic E-state index is 12.0. The maximum atomic E-state index is 12.0. The molecule has 2 fully saturated rings. The van der Waals surface area contributed by atoms with E-state index in [0.717, 1.165) is 30.5 Å². The first-order valence-electron chi connectivity index (χ1n) is 6.05. The lowest BCUT2D eigenvalue weighted by Gasteiger charge is -2.17. The van der Waals surface area contributed by atoms with Gasteiger partial charge in [0.15, 0.2) is 0 Å². The lowest BCUT2D eigenvalue weighted by molar-refractivity contribution is -0.129. The molecule has 2 aliphatic rings. The van der Waals surface area contributed by atoms with Crippen LogP contribution in [0.4, 0.5) is 0 Å². The van der Waals surface area contributed by atoms with Crippen molar-refractivity contribution >= 4 is 5.91 Å². The molecule has 3 rings (SSSR count). The fourth-order valence-electron chi connectivity index (χ4n) is 2.71. The first-order valence-corrected chi connectivity index (χ1v) is 6.05. The number of amides is 1. The SMILES string of the molecule is Cc1cccc(CC(=O)N2CC3CC3C2)c1. The van der Waals surface area contributed by atoms with Crippen LogP contribution < -0.4 is 0 Å². The Bertz CT molecular complexity index is 416. The summed E-state index contributed by atoms with van der Waals surface area (Å²) >= 11 is 0. The highest BCUT2D eigenvalue weighted by atomic mass is 16.2. The molecule has 2 nitrogen and oxygen atoms in total. The van der Waals surface area contributed by atoms with Gasteiger partial charge in [0.05, 0.1) is 6.42 Å². The topological polar surface area (TPSA) is 20.3 Å². The molecular formula is C14H17NO. The molecule has 84 valence electrons. The first kappa shape index (κ1) is 9.88. The van der Waals surface area contributed by atoms with Crippen molar-refractivity contribution in [3.63, 3.8) is 0 Å². The number of rotatable bonds is 2. The molecule has 1 heterocycles. The largest absolute Gasteiger partial charge is 0.342 e. The van der Waals surface area contributed by atoms with Crippen LogP contribution in [-0.2, 0) is 11.2 Å². The molecule has 1 saturated carbocycles. The van der Waals surface area contributed by atoms with E-state index in [1.54, 1.807) is 0 Å². The van der Waals surface area contributed by atoms with Crippen LogP contribution in [-0.4, -0.2) is 23.9 Å². The van der Waals surface area contributed by atoms with E-state index < -0.39 is 0 Å². The van der Waals surface area contributed by atoms with E-state index in [2.05, 4.69) is 19.1 Å². The summed E-state index contributed by atoms with van der Waals surface area (Å²) < 4.78 is 0. The van der Waals surface area contributed by atoms with Gasteiger partial charge in [-0.1, -0.05) is 29.8 Å². The van der Waals surface area contributed by atoms with Crippen molar-refractivity contribution in [3.8, 4) is 0 Å². The van der Waals surface area contributed by atoms with Crippen LogP contribution in [0.25, 0.3) is 0 Å². The number of likely N-dealkylation sites (tertiary alicyclic amines) is 1. The average molecular weight is 215 g/mol. The molecule has 2 unspecified atom stereocenters. The molecule has 1 aromatic carbocycles. The fourth-order valence-corrected chi connectivity index (χ4v) is 2.71. The van der Waals surface area contributed by atoms with Gasteiger partial charge in [-0.05, 0) is 30.7 Å². The molecular weight excluding hydrogens is 198 g/mol. The number of hydrogen-bond acceptors (Lipinski definition) is 1. The second kappa shape index (κ2) is 3.62. The Labute approximate surface area is 96.3 Å². The van der Waals surface area contributed by atoms with Gasteiger partial charge in [-0.2, -0.15) is 0 Å². The van der Waals surface area contributed by atoms with Gasteiger partial charge in [-0.15, -0.1) is 0 Å². The highest BCUT2D eigenvalue weighted by Crippen LogP contribution is 2.44. The van der Waals surface area contributed by atoms with Crippen LogP contribution in [0.5, 0.6) is 0 Å². The zero-order chi connectivity index (χ0) is 11.1. The summed E-state index contributed by atoms with van der Waals surface area (Å²) in [6.45, 7) is 4.09. The monoisotopic (exact) mass is 215 g/mol. The quantitative estimate of drug-likeness (QED) is 0.739. The van der Waals surface area contributed by atoms with Gasteiger partial charge >= 0.3 is 0 Å². The standard InChI is InChI=1S/C14H17NO/c1-10-3-2-4-11(5-10)6-14(16)15-8-12-7-13(12)9-15/h2-5,12-13H,6-9H2,1H3. The zero-order valence-electron chi connectivity index (χ0n) is 9.65. The number of hydrogen-bond donors (Lipinski definition) is 0. The minimum absolute atomic E-state index is 0.304. The van der Waals surface area contributed by atoms with Crippen LogP contribution in [0.3, 0.4) is 0 Å². The lowest BCUT2D eigenvalue weighted by atomic mass is 10.1. The van der Waals surface area contributed by atoms with Crippen molar-refractivity contribution in [2.24, 2.45) is 11.8 Å². The number of carbonyl (C=O) groups excluding carboxylic acids is 1. The molecule has 1 saturated heterocycles. The van der Waals surface area contributed by atoms with Crippen molar-refractivity contribution in [1.29, 1.82) is 0 Å². The van der Waals surface area contributed by atoms with Crippen LogP contribution in [0.1, 0.15) is 17.5 Å². The van der Waals surface area contributed by atoms with E-state index >= 15 is 0 Å². The van der Waals surface area contributed by atoms with Gasteiger partial charge in [0, 0.05) is 13.1 Å². The minimum Gasteiger partial charge on any atom is -0.342 e. The second-order valence-electron chi connectivity index (χ2n) is 5.22. The third kappa shape index (κ3) is 1.84. The highest BCUT2D eigenvalue weighted by Gasteiger charge is 2.46. The Kier molecular flexibility index (Phi) is 2.23. The molecule has 0 radical (unpaired) electrons. The molecule has 1 amide bonds. The number of fused-ring (bicyclic) bond motifs is 1. The Morgan fingerprint density at radius 1 is 1.38 bits per heavy atom. The zero-order valence-corrected chi connectivity index (χ0v) is 9.65. The lowest BCUT2D eigenvalue weighted by Crippen LogP contribution is -2.31. The van der Waals surface area contributed by atoms with Crippen LogP contribution in [0, 0.1) is 18.8 Å². The van der Waals surface area contributed by atoms with Crippen molar-refractivity contribution < 1.29 is 4.79 Å². The number of carbonyl (C=O) groups is 1.